The fraction of sp³-hybridized carbons (Fsp3) is 0.222. The van der Waals surface area contributed by atoms with Crippen molar-refractivity contribution in [1.29, 1.82) is 0 Å². The summed E-state index contributed by atoms with van der Waals surface area (Å²) in [5, 5.41) is 7.59. The molecule has 0 bridgehead atoms. The third kappa shape index (κ3) is 5.46. The monoisotopic (exact) mass is 526 g/mol. The van der Waals surface area contributed by atoms with Gasteiger partial charge in [0.05, 0.1) is 17.1 Å². The van der Waals surface area contributed by atoms with Crippen molar-refractivity contribution >= 4 is 40.6 Å². The number of halogens is 4. The summed E-state index contributed by atoms with van der Waals surface area (Å²) in [6.45, 7) is 2.35. The summed E-state index contributed by atoms with van der Waals surface area (Å²) in [7, 11) is 0. The molecule has 0 atom stereocenters. The summed E-state index contributed by atoms with van der Waals surface area (Å²) in [6, 6.07) is 13.8. The highest BCUT2D eigenvalue weighted by atomic mass is 35.5. The number of aliphatic imine (C=N–C) groups is 1. The van der Waals surface area contributed by atoms with Crippen molar-refractivity contribution in [1.82, 2.24) is 5.32 Å². The van der Waals surface area contributed by atoms with Crippen LogP contribution in [0.5, 0.6) is 0 Å². The molecule has 1 saturated carbocycles. The molecule has 0 unspecified atom stereocenters. The maximum atomic E-state index is 13.1. The van der Waals surface area contributed by atoms with Crippen LogP contribution in [-0.2, 0) is 17.5 Å². The Hall–Kier alpha value is -3.85. The summed E-state index contributed by atoms with van der Waals surface area (Å²) in [4.78, 5) is 29.4. The van der Waals surface area contributed by atoms with E-state index in [9.17, 15) is 22.8 Å². The lowest BCUT2D eigenvalue weighted by Crippen LogP contribution is -2.32. The van der Waals surface area contributed by atoms with Gasteiger partial charge in [0.2, 0.25) is 0 Å². The number of aryl methyl sites for hydroxylation is 1. The Balaban J connectivity index is 1.31. The first-order valence-corrected chi connectivity index (χ1v) is 12.0. The summed E-state index contributed by atoms with van der Waals surface area (Å²) < 4.78 is 39.3. The largest absolute Gasteiger partial charge is 0.417 e. The van der Waals surface area contributed by atoms with Gasteiger partial charge in [-0.25, -0.2) is 4.79 Å². The molecule has 3 amide bonds. The van der Waals surface area contributed by atoms with Gasteiger partial charge in [0.15, 0.2) is 0 Å². The fourth-order valence-corrected chi connectivity index (χ4v) is 4.40. The maximum absolute atomic E-state index is 13.1. The van der Waals surface area contributed by atoms with E-state index in [1.807, 2.05) is 31.2 Å². The Labute approximate surface area is 215 Å². The number of hydrogen-bond acceptors (Lipinski definition) is 3. The number of rotatable bonds is 5. The summed E-state index contributed by atoms with van der Waals surface area (Å²) in [5.41, 5.74) is 4.32. The Morgan fingerprint density at radius 2 is 1.65 bits per heavy atom. The molecule has 0 saturated heterocycles. The molecule has 0 spiro atoms. The van der Waals surface area contributed by atoms with Crippen molar-refractivity contribution in [2.24, 2.45) is 4.99 Å². The van der Waals surface area contributed by atoms with Crippen molar-refractivity contribution in [3.8, 4) is 11.1 Å². The molecular formula is C27H22ClF3N4O2. The predicted octanol–water partition coefficient (Wildman–Crippen LogP) is 6.56. The Morgan fingerprint density at radius 3 is 2.35 bits per heavy atom. The molecule has 0 aromatic heterocycles. The average Bonchev–Trinajstić information content (AvgIpc) is 3.55. The normalized spacial score (nSPS) is 14.6. The highest BCUT2D eigenvalue weighted by Crippen LogP contribution is 2.36. The minimum Gasteiger partial charge on any atom is -0.348 e. The Kier molecular flexibility index (Phi) is 6.41. The van der Waals surface area contributed by atoms with Crippen molar-refractivity contribution in [2.45, 2.75) is 38.5 Å². The van der Waals surface area contributed by atoms with Gasteiger partial charge in [-0.05, 0) is 78.4 Å². The molecule has 2 aliphatic rings. The second kappa shape index (κ2) is 9.55. The van der Waals surface area contributed by atoms with Crippen LogP contribution < -0.4 is 16.0 Å². The van der Waals surface area contributed by atoms with E-state index in [0.717, 1.165) is 52.8 Å². The fourth-order valence-electron chi connectivity index (χ4n) is 4.17. The van der Waals surface area contributed by atoms with Crippen LogP contribution >= 0.6 is 11.6 Å². The first-order chi connectivity index (χ1) is 17.6. The van der Waals surface area contributed by atoms with Gasteiger partial charge in [0, 0.05) is 23.0 Å². The molecule has 1 heterocycles. The Bertz CT molecular complexity index is 1450. The van der Waals surface area contributed by atoms with Crippen molar-refractivity contribution in [3.63, 3.8) is 0 Å². The lowest BCUT2D eigenvalue weighted by molar-refractivity contribution is -0.137. The lowest BCUT2D eigenvalue weighted by Gasteiger charge is -2.14. The molecule has 1 fully saturated rings. The number of hydrogen-bond donors (Lipinski definition) is 3. The zero-order valence-corrected chi connectivity index (χ0v) is 20.4. The summed E-state index contributed by atoms with van der Waals surface area (Å²) in [6.07, 6.45) is -2.64. The van der Waals surface area contributed by atoms with E-state index < -0.39 is 22.8 Å². The SMILES string of the molecule is Cc1ccc(NC(=O)Nc2ccc(Cl)c(C(F)(F)F)c2)cc1-c1ccc2c(c1)CN=C2C(=O)NC1CC1. The lowest BCUT2D eigenvalue weighted by atomic mass is 9.95. The van der Waals surface area contributed by atoms with Crippen molar-refractivity contribution in [2.75, 3.05) is 10.6 Å². The third-order valence-corrected chi connectivity index (χ3v) is 6.56. The number of carbonyl (C=O) groups is 2. The average molecular weight is 527 g/mol. The van der Waals surface area contributed by atoms with Gasteiger partial charge in [-0.15, -0.1) is 0 Å². The van der Waals surface area contributed by atoms with Crippen LogP contribution in [0.2, 0.25) is 5.02 Å². The summed E-state index contributed by atoms with van der Waals surface area (Å²) >= 11 is 5.64. The van der Waals surface area contributed by atoms with Crippen molar-refractivity contribution in [3.05, 3.63) is 81.9 Å². The molecule has 3 aromatic carbocycles. The topological polar surface area (TPSA) is 82.6 Å². The molecule has 5 rings (SSSR count). The predicted molar refractivity (Wildman–Crippen MR) is 137 cm³/mol. The molecule has 37 heavy (non-hydrogen) atoms. The molecule has 3 aromatic rings. The minimum atomic E-state index is -4.64. The number of alkyl halides is 3. The van der Waals surface area contributed by atoms with Gasteiger partial charge in [-0.1, -0.05) is 29.8 Å². The molecule has 1 aliphatic heterocycles. The van der Waals surface area contributed by atoms with Crippen LogP contribution in [0.15, 0.2) is 59.6 Å². The molecule has 1 aliphatic carbocycles. The summed E-state index contributed by atoms with van der Waals surface area (Å²) in [5.74, 6) is -0.148. The van der Waals surface area contributed by atoms with E-state index in [1.165, 1.54) is 6.07 Å². The number of fused-ring (bicyclic) bond motifs is 1. The number of anilines is 2. The zero-order chi connectivity index (χ0) is 26.3. The molecule has 3 N–H and O–H groups in total. The van der Waals surface area contributed by atoms with Crippen LogP contribution in [0.3, 0.4) is 0 Å². The van der Waals surface area contributed by atoms with Crippen LogP contribution in [-0.4, -0.2) is 23.7 Å². The molecule has 190 valence electrons. The van der Waals surface area contributed by atoms with Crippen LogP contribution in [0, 0.1) is 6.92 Å². The van der Waals surface area contributed by atoms with E-state index in [4.69, 9.17) is 11.6 Å². The van der Waals surface area contributed by atoms with Crippen LogP contribution in [0.4, 0.5) is 29.3 Å². The highest BCUT2D eigenvalue weighted by Gasteiger charge is 2.33. The van der Waals surface area contributed by atoms with Gasteiger partial charge in [-0.3, -0.25) is 9.79 Å². The smallest absolute Gasteiger partial charge is 0.348 e. The second-order valence-electron chi connectivity index (χ2n) is 9.09. The number of amides is 3. The minimum absolute atomic E-state index is 0.0401. The van der Waals surface area contributed by atoms with Gasteiger partial charge in [-0.2, -0.15) is 13.2 Å². The number of nitrogens with zero attached hydrogens (tertiary/aromatic N) is 1. The van der Waals surface area contributed by atoms with Gasteiger partial charge in [0.1, 0.15) is 5.71 Å². The van der Waals surface area contributed by atoms with E-state index in [0.29, 0.717) is 17.9 Å². The Morgan fingerprint density at radius 1 is 0.946 bits per heavy atom. The molecule has 10 heteroatoms. The van der Waals surface area contributed by atoms with Gasteiger partial charge in [0.25, 0.3) is 5.91 Å². The maximum Gasteiger partial charge on any atom is 0.417 e. The molecule has 0 radical (unpaired) electrons. The van der Waals surface area contributed by atoms with Crippen molar-refractivity contribution < 1.29 is 22.8 Å². The third-order valence-electron chi connectivity index (χ3n) is 6.23. The number of benzene rings is 3. The molecular weight excluding hydrogens is 505 g/mol. The van der Waals surface area contributed by atoms with E-state index in [2.05, 4.69) is 20.9 Å². The van der Waals surface area contributed by atoms with E-state index in [1.54, 1.807) is 12.1 Å². The van der Waals surface area contributed by atoms with E-state index in [-0.39, 0.29) is 17.6 Å². The highest BCUT2D eigenvalue weighted by molar-refractivity contribution is 6.46. The van der Waals surface area contributed by atoms with Crippen LogP contribution in [0.1, 0.15) is 35.1 Å². The van der Waals surface area contributed by atoms with E-state index >= 15 is 0 Å². The zero-order valence-electron chi connectivity index (χ0n) is 19.7. The second-order valence-corrected chi connectivity index (χ2v) is 9.49. The van der Waals surface area contributed by atoms with Gasteiger partial charge >= 0.3 is 12.2 Å². The first kappa shape index (κ1) is 24.8. The standard InChI is InChI=1S/C27H22ClF3N4O2/c1-14-2-4-18(34-26(37)35-19-7-9-23(28)22(12-19)27(29,30)31)11-21(14)15-3-8-20-16(10-15)13-32-24(20)25(36)33-17-5-6-17/h2-4,7-12,17H,5-6,13H2,1H3,(H,33,36)(H2,34,35,37). The quantitative estimate of drug-likeness (QED) is 0.352. The van der Waals surface area contributed by atoms with Crippen LogP contribution in [0.25, 0.3) is 11.1 Å². The first-order valence-electron chi connectivity index (χ1n) is 11.6. The number of nitrogens with one attached hydrogen (secondary N) is 3. The van der Waals surface area contributed by atoms with Gasteiger partial charge < -0.3 is 16.0 Å². The molecule has 6 nitrogen and oxygen atoms in total. The number of urea groups is 1. The number of carbonyl (C=O) groups excluding carboxylic acids is 2.